The number of aromatic amines is 1. The first-order valence-corrected chi connectivity index (χ1v) is 25.8. The fourth-order valence-corrected chi connectivity index (χ4v) is 7.76. The molecule has 1 aromatic rings. The molecule has 0 fully saturated rings. The first-order chi connectivity index (χ1) is 29.7. The zero-order valence-electron chi connectivity index (χ0n) is 38.4. The van der Waals surface area contributed by atoms with E-state index in [1.807, 2.05) is 0 Å². The van der Waals surface area contributed by atoms with Crippen LogP contribution in [0.15, 0.2) is 24.7 Å². The van der Waals surface area contributed by atoms with Gasteiger partial charge in [0.15, 0.2) is 6.10 Å². The molecule has 1 rings (SSSR count). The number of ether oxygens (including phenoxy) is 2. The molecule has 0 bridgehead atoms. The minimum atomic E-state index is -4.60. The van der Waals surface area contributed by atoms with Crippen LogP contribution in [-0.4, -0.2) is 71.2 Å². The third kappa shape index (κ3) is 36.6. The van der Waals surface area contributed by atoms with E-state index in [2.05, 4.69) is 41.3 Å². The number of aromatic nitrogens is 2. The van der Waals surface area contributed by atoms with E-state index < -0.39 is 44.4 Å². The van der Waals surface area contributed by atoms with Crippen LogP contribution < -0.4 is 11.1 Å². The van der Waals surface area contributed by atoms with Crippen molar-refractivity contribution in [3.8, 4) is 0 Å². The molecule has 0 radical (unpaired) electrons. The van der Waals surface area contributed by atoms with E-state index in [4.69, 9.17) is 24.3 Å². The number of nitrogens with zero attached hydrogens (tertiary/aromatic N) is 1. The van der Waals surface area contributed by atoms with Gasteiger partial charge in [-0.05, 0) is 38.5 Å². The maximum Gasteiger partial charge on any atom is 0.472 e. The summed E-state index contributed by atoms with van der Waals surface area (Å²) in [4.78, 5) is 54.7. The third-order valence-electron chi connectivity index (χ3n) is 10.8. The molecule has 0 aromatic carbocycles. The normalized spacial score (nSPS) is 13.6. The van der Waals surface area contributed by atoms with E-state index in [0.29, 0.717) is 18.5 Å². The monoisotopic (exact) mass is 883 g/mol. The van der Waals surface area contributed by atoms with Crippen molar-refractivity contribution < 1.29 is 42.4 Å². The molecule has 0 spiro atoms. The highest BCUT2D eigenvalue weighted by Gasteiger charge is 2.26. The molecule has 14 heteroatoms. The van der Waals surface area contributed by atoms with Crippen LogP contribution in [-0.2, 0) is 43.9 Å². The van der Waals surface area contributed by atoms with Crippen molar-refractivity contribution in [1.82, 2.24) is 15.3 Å². The number of nitrogens with two attached hydrogens (primary N) is 1. The molecule has 354 valence electrons. The number of carbonyl (C=O) groups is 3. The lowest BCUT2D eigenvalue weighted by molar-refractivity contribution is -0.161. The third-order valence-corrected chi connectivity index (χ3v) is 11.8. The largest absolute Gasteiger partial charge is 0.472 e. The number of amides is 1. The number of carbonyl (C=O) groups excluding carboxylic acids is 3. The number of unbranched alkanes of at least 4 members (excludes halogenated alkanes) is 25. The number of rotatable bonds is 44. The molecule has 3 unspecified atom stereocenters. The van der Waals surface area contributed by atoms with Crippen LogP contribution in [0, 0.1) is 0 Å². The lowest BCUT2D eigenvalue weighted by Crippen LogP contribution is -2.43. The lowest BCUT2D eigenvalue weighted by Gasteiger charge is -2.20. The fraction of sp³-hybridized carbons (Fsp3) is 0.830. The van der Waals surface area contributed by atoms with Crippen LogP contribution in [0.2, 0.25) is 0 Å². The van der Waals surface area contributed by atoms with Crippen molar-refractivity contribution in [3.05, 3.63) is 30.4 Å². The molecule has 5 N–H and O–H groups in total. The van der Waals surface area contributed by atoms with E-state index in [9.17, 15) is 23.8 Å². The van der Waals surface area contributed by atoms with Crippen molar-refractivity contribution in [3.63, 3.8) is 0 Å². The van der Waals surface area contributed by atoms with Crippen LogP contribution in [0.4, 0.5) is 0 Å². The summed E-state index contributed by atoms with van der Waals surface area (Å²) in [6.45, 7) is 3.26. The first-order valence-electron chi connectivity index (χ1n) is 24.3. The van der Waals surface area contributed by atoms with Gasteiger partial charge in [0.05, 0.1) is 25.6 Å². The van der Waals surface area contributed by atoms with Crippen LogP contribution in [0.3, 0.4) is 0 Å². The molecule has 0 aliphatic heterocycles. The van der Waals surface area contributed by atoms with Gasteiger partial charge in [0.1, 0.15) is 6.61 Å². The van der Waals surface area contributed by atoms with E-state index >= 15 is 0 Å². The minimum Gasteiger partial charge on any atom is -0.462 e. The van der Waals surface area contributed by atoms with Gasteiger partial charge in [0, 0.05) is 37.7 Å². The first kappa shape index (κ1) is 56.4. The average molecular weight is 883 g/mol. The van der Waals surface area contributed by atoms with Gasteiger partial charge in [-0.15, -0.1) is 0 Å². The predicted octanol–water partition coefficient (Wildman–Crippen LogP) is 11.3. The molecule has 1 aromatic heterocycles. The number of imidazole rings is 1. The van der Waals surface area contributed by atoms with Gasteiger partial charge < -0.3 is 30.4 Å². The summed E-state index contributed by atoms with van der Waals surface area (Å²) < 4.78 is 33.8. The van der Waals surface area contributed by atoms with E-state index in [-0.39, 0.29) is 39.0 Å². The second-order valence-corrected chi connectivity index (χ2v) is 18.1. The van der Waals surface area contributed by atoms with Gasteiger partial charge in [0.25, 0.3) is 0 Å². The van der Waals surface area contributed by atoms with Crippen molar-refractivity contribution in [2.75, 3.05) is 26.4 Å². The number of hydrogen-bond acceptors (Lipinski definition) is 10. The SMILES string of the molecule is CCCCCCCC/C=C\CCCCCCCC(=O)OCC(COP(=O)(O)OCCNC(=O)C(N)Cc1cnc[nH]1)OC(=O)CCCCCCCCCCCCCCCCC. The number of phosphoric ester groups is 1. The summed E-state index contributed by atoms with van der Waals surface area (Å²) in [6, 6.07) is -0.845. The molecular weight excluding hydrogens is 796 g/mol. The van der Waals surface area contributed by atoms with Crippen LogP contribution >= 0.6 is 7.82 Å². The number of allylic oxidation sites excluding steroid dienone is 2. The summed E-state index contributed by atoms with van der Waals surface area (Å²) in [5.74, 6) is -1.37. The Kier molecular flexibility index (Phi) is 37.2. The van der Waals surface area contributed by atoms with Gasteiger partial charge in [-0.2, -0.15) is 0 Å². The predicted molar refractivity (Wildman–Crippen MR) is 245 cm³/mol. The zero-order valence-corrected chi connectivity index (χ0v) is 39.3. The Balaban J connectivity index is 2.38. The van der Waals surface area contributed by atoms with Crippen LogP contribution in [0.25, 0.3) is 0 Å². The van der Waals surface area contributed by atoms with Gasteiger partial charge in [-0.25, -0.2) is 9.55 Å². The summed E-state index contributed by atoms with van der Waals surface area (Å²) in [7, 11) is -4.60. The molecule has 0 saturated carbocycles. The summed E-state index contributed by atoms with van der Waals surface area (Å²) in [5, 5.41) is 2.55. The fourth-order valence-electron chi connectivity index (χ4n) is 7.01. The number of H-pyrrole nitrogens is 1. The number of phosphoric acid groups is 1. The van der Waals surface area contributed by atoms with Crippen molar-refractivity contribution >= 4 is 25.7 Å². The zero-order chi connectivity index (χ0) is 44.5. The second-order valence-electron chi connectivity index (χ2n) is 16.6. The standard InChI is InChI=1S/C47H87N4O9P/c1-3-5-7-9-11-13-15-17-19-21-23-25-27-29-31-33-45(52)57-39-43(40-59-61(55,56)58-36-35-50-47(54)44(48)37-42-38-49-41-51-42)60-46(53)34-32-30-28-26-24-22-20-18-16-14-12-10-8-6-4-2/h17,19,38,41,43-44H,3-16,18,20-37,39-40,48H2,1-2H3,(H,49,51)(H,50,54)(H,55,56)/b19-17-. The van der Waals surface area contributed by atoms with E-state index in [1.54, 1.807) is 6.20 Å². The average Bonchev–Trinajstić information content (AvgIpc) is 3.76. The number of hydrogen-bond donors (Lipinski definition) is 4. The van der Waals surface area contributed by atoms with Crippen molar-refractivity contribution in [2.45, 2.75) is 225 Å². The summed E-state index contributed by atoms with van der Waals surface area (Å²) in [6.07, 6.45) is 40.6. The summed E-state index contributed by atoms with van der Waals surface area (Å²) in [5.41, 5.74) is 6.61. The molecule has 3 atom stereocenters. The van der Waals surface area contributed by atoms with Gasteiger partial charge in [-0.3, -0.25) is 23.4 Å². The molecule has 1 amide bonds. The van der Waals surface area contributed by atoms with Gasteiger partial charge in [0.2, 0.25) is 5.91 Å². The Morgan fingerprint density at radius 1 is 0.705 bits per heavy atom. The van der Waals surface area contributed by atoms with E-state index in [0.717, 1.165) is 51.4 Å². The number of esters is 2. The highest BCUT2D eigenvalue weighted by atomic mass is 31.2. The lowest BCUT2D eigenvalue weighted by atomic mass is 10.0. The van der Waals surface area contributed by atoms with Gasteiger partial charge >= 0.3 is 19.8 Å². The summed E-state index contributed by atoms with van der Waals surface area (Å²) >= 11 is 0. The smallest absolute Gasteiger partial charge is 0.462 e. The number of nitrogens with one attached hydrogen (secondary N) is 2. The van der Waals surface area contributed by atoms with Crippen molar-refractivity contribution in [2.24, 2.45) is 5.73 Å². The Hall–Kier alpha value is -2.57. The Bertz CT molecular complexity index is 1270. The molecule has 0 aliphatic carbocycles. The van der Waals surface area contributed by atoms with Crippen LogP contribution in [0.1, 0.15) is 212 Å². The second kappa shape index (κ2) is 40.2. The molecule has 13 nitrogen and oxygen atoms in total. The van der Waals surface area contributed by atoms with Gasteiger partial charge in [-0.1, -0.05) is 167 Å². The quantitative estimate of drug-likeness (QED) is 0.0211. The Morgan fingerprint density at radius 3 is 1.67 bits per heavy atom. The molecule has 1 heterocycles. The van der Waals surface area contributed by atoms with Crippen LogP contribution in [0.5, 0.6) is 0 Å². The highest BCUT2D eigenvalue weighted by molar-refractivity contribution is 7.47. The Labute approximate surface area is 369 Å². The van der Waals surface area contributed by atoms with E-state index in [1.165, 1.54) is 122 Å². The highest BCUT2D eigenvalue weighted by Crippen LogP contribution is 2.43. The molecule has 61 heavy (non-hydrogen) atoms. The molecular formula is C47H87N4O9P. The topological polar surface area (TPSA) is 192 Å². The minimum absolute atomic E-state index is 0.0882. The molecule has 0 aliphatic rings. The van der Waals surface area contributed by atoms with Crippen molar-refractivity contribution in [1.29, 1.82) is 0 Å². The Morgan fingerprint density at radius 2 is 1.18 bits per heavy atom. The maximum absolute atomic E-state index is 12.8. The maximum atomic E-state index is 12.8. The molecule has 0 saturated heterocycles.